The fourth-order valence-corrected chi connectivity index (χ4v) is 5.74. The molecule has 1 aliphatic carbocycles. The van der Waals surface area contributed by atoms with E-state index in [0.717, 1.165) is 51.6 Å². The Morgan fingerprint density at radius 1 is 0.917 bits per heavy atom. The monoisotopic (exact) mass is 493 g/mol. The van der Waals surface area contributed by atoms with Crippen molar-refractivity contribution in [3.63, 3.8) is 0 Å². The number of rotatable bonds is 7. The molecule has 0 aliphatic heterocycles. The van der Waals surface area contributed by atoms with E-state index in [0.29, 0.717) is 6.54 Å². The maximum atomic E-state index is 6.04. The van der Waals surface area contributed by atoms with Gasteiger partial charge in [0.25, 0.3) is 0 Å². The van der Waals surface area contributed by atoms with Crippen molar-refractivity contribution in [1.29, 1.82) is 0 Å². The zero-order valence-electron chi connectivity index (χ0n) is 20.3. The van der Waals surface area contributed by atoms with Gasteiger partial charge in [-0.1, -0.05) is 36.4 Å². The highest BCUT2D eigenvalue weighted by molar-refractivity contribution is 7.08. The molecule has 0 spiro atoms. The van der Waals surface area contributed by atoms with Crippen molar-refractivity contribution in [3.05, 3.63) is 111 Å². The molecule has 0 fully saturated rings. The SMILES string of the molecule is COc1ccc(C(c2ccc(OC)cc2)n2nc(-c3ccsc3)c3c2-c2cc(CN)ccc2C3)cc1. The van der Waals surface area contributed by atoms with Crippen LogP contribution in [0, 0.1) is 0 Å². The van der Waals surface area contributed by atoms with Gasteiger partial charge in [0.1, 0.15) is 17.5 Å². The number of hydrogen-bond donors (Lipinski definition) is 1. The summed E-state index contributed by atoms with van der Waals surface area (Å²) in [6, 6.07) is 25.1. The lowest BCUT2D eigenvalue weighted by atomic mass is 9.97. The summed E-state index contributed by atoms with van der Waals surface area (Å²) in [7, 11) is 3.38. The second-order valence-corrected chi connectivity index (χ2v) is 9.73. The second-order valence-electron chi connectivity index (χ2n) is 8.95. The van der Waals surface area contributed by atoms with Crippen LogP contribution in [0.15, 0.2) is 83.6 Å². The van der Waals surface area contributed by atoms with E-state index in [4.69, 9.17) is 20.3 Å². The highest BCUT2D eigenvalue weighted by atomic mass is 32.1. The summed E-state index contributed by atoms with van der Waals surface area (Å²) in [5.41, 5.74) is 16.6. The van der Waals surface area contributed by atoms with Gasteiger partial charge in [0, 0.05) is 35.0 Å². The van der Waals surface area contributed by atoms with Gasteiger partial charge in [0.15, 0.2) is 0 Å². The molecule has 0 atom stereocenters. The lowest BCUT2D eigenvalue weighted by Crippen LogP contribution is -2.15. The zero-order chi connectivity index (χ0) is 24.6. The van der Waals surface area contributed by atoms with Gasteiger partial charge < -0.3 is 15.2 Å². The Labute approximate surface area is 214 Å². The Bertz CT molecular complexity index is 1460. The number of thiophene rings is 1. The van der Waals surface area contributed by atoms with Gasteiger partial charge in [-0.2, -0.15) is 16.4 Å². The molecule has 2 heterocycles. The van der Waals surface area contributed by atoms with Crippen LogP contribution in [0.4, 0.5) is 0 Å². The molecular formula is C30H27N3O2S. The molecule has 6 rings (SSSR count). The molecule has 5 nitrogen and oxygen atoms in total. The van der Waals surface area contributed by atoms with E-state index in [1.165, 1.54) is 16.7 Å². The lowest BCUT2D eigenvalue weighted by molar-refractivity contribution is 0.414. The van der Waals surface area contributed by atoms with E-state index >= 15 is 0 Å². The first kappa shape index (κ1) is 22.6. The number of ether oxygens (including phenoxy) is 2. The number of methoxy groups -OCH3 is 2. The lowest BCUT2D eigenvalue weighted by Gasteiger charge is -2.22. The summed E-state index contributed by atoms with van der Waals surface area (Å²) >= 11 is 1.69. The van der Waals surface area contributed by atoms with Crippen molar-refractivity contribution in [2.45, 2.75) is 19.0 Å². The van der Waals surface area contributed by atoms with Crippen LogP contribution in [-0.4, -0.2) is 24.0 Å². The first-order chi connectivity index (χ1) is 17.7. The zero-order valence-corrected chi connectivity index (χ0v) is 21.1. The molecule has 5 aromatic rings. The normalized spacial score (nSPS) is 12.0. The van der Waals surface area contributed by atoms with E-state index in [2.05, 4.69) is 64.0 Å². The van der Waals surface area contributed by atoms with Crippen LogP contribution < -0.4 is 15.2 Å². The maximum absolute atomic E-state index is 6.04. The first-order valence-electron chi connectivity index (χ1n) is 11.9. The van der Waals surface area contributed by atoms with E-state index < -0.39 is 0 Å². The molecule has 2 aromatic heterocycles. The van der Waals surface area contributed by atoms with Crippen molar-refractivity contribution in [1.82, 2.24) is 9.78 Å². The highest BCUT2D eigenvalue weighted by Crippen LogP contribution is 2.45. The Hall–Kier alpha value is -3.87. The Kier molecular flexibility index (Phi) is 5.83. The van der Waals surface area contributed by atoms with Crippen molar-refractivity contribution in [2.24, 2.45) is 5.73 Å². The second kappa shape index (κ2) is 9.30. The Morgan fingerprint density at radius 2 is 1.58 bits per heavy atom. The topological polar surface area (TPSA) is 62.3 Å². The Morgan fingerprint density at radius 3 is 2.14 bits per heavy atom. The third kappa shape index (κ3) is 3.79. The molecule has 0 saturated heterocycles. The summed E-state index contributed by atoms with van der Waals surface area (Å²) in [5.74, 6) is 1.66. The molecule has 0 unspecified atom stereocenters. The van der Waals surface area contributed by atoms with Crippen molar-refractivity contribution < 1.29 is 9.47 Å². The van der Waals surface area contributed by atoms with Gasteiger partial charge in [-0.25, -0.2) is 0 Å². The fourth-order valence-electron chi connectivity index (χ4n) is 5.10. The van der Waals surface area contributed by atoms with E-state index in [1.54, 1.807) is 25.6 Å². The molecule has 0 radical (unpaired) electrons. The molecule has 0 amide bonds. The molecule has 0 bridgehead atoms. The van der Waals surface area contributed by atoms with Crippen molar-refractivity contribution >= 4 is 11.3 Å². The fraction of sp³-hybridized carbons (Fsp3) is 0.167. The van der Waals surface area contributed by atoms with Crippen LogP contribution in [0.2, 0.25) is 0 Å². The van der Waals surface area contributed by atoms with Gasteiger partial charge in [0.05, 0.1) is 25.6 Å². The molecule has 0 saturated carbocycles. The van der Waals surface area contributed by atoms with E-state index in [9.17, 15) is 0 Å². The number of hydrogen-bond acceptors (Lipinski definition) is 5. The van der Waals surface area contributed by atoms with Gasteiger partial charge in [-0.3, -0.25) is 4.68 Å². The molecule has 2 N–H and O–H groups in total. The predicted molar refractivity (Wildman–Crippen MR) is 145 cm³/mol. The van der Waals surface area contributed by atoms with Gasteiger partial charge in [-0.15, -0.1) is 0 Å². The average molecular weight is 494 g/mol. The van der Waals surface area contributed by atoms with Crippen LogP contribution in [0.1, 0.15) is 33.9 Å². The first-order valence-corrected chi connectivity index (χ1v) is 12.9. The molecule has 36 heavy (non-hydrogen) atoms. The van der Waals surface area contributed by atoms with Crippen LogP contribution >= 0.6 is 11.3 Å². The number of fused-ring (bicyclic) bond motifs is 3. The minimum atomic E-state index is -0.129. The number of nitrogens with two attached hydrogens (primary N) is 1. The van der Waals surface area contributed by atoms with E-state index in [-0.39, 0.29) is 6.04 Å². The maximum Gasteiger partial charge on any atom is 0.118 e. The summed E-state index contributed by atoms with van der Waals surface area (Å²) in [4.78, 5) is 0. The smallest absolute Gasteiger partial charge is 0.118 e. The molecule has 1 aliphatic rings. The van der Waals surface area contributed by atoms with Crippen molar-refractivity contribution in [2.75, 3.05) is 14.2 Å². The Balaban J connectivity index is 1.61. The average Bonchev–Trinajstić information content (AvgIpc) is 3.66. The van der Waals surface area contributed by atoms with Crippen LogP contribution in [-0.2, 0) is 13.0 Å². The highest BCUT2D eigenvalue weighted by Gasteiger charge is 2.32. The minimum absolute atomic E-state index is 0.129. The number of benzene rings is 3. The largest absolute Gasteiger partial charge is 0.497 e. The van der Waals surface area contributed by atoms with E-state index in [1.807, 2.05) is 24.3 Å². The van der Waals surface area contributed by atoms with Crippen LogP contribution in [0.25, 0.3) is 22.5 Å². The third-order valence-corrected chi connectivity index (χ3v) is 7.63. The number of aromatic nitrogens is 2. The molecule has 180 valence electrons. The number of nitrogens with zero attached hydrogens (tertiary/aromatic N) is 2. The van der Waals surface area contributed by atoms with Gasteiger partial charge >= 0.3 is 0 Å². The summed E-state index contributed by atoms with van der Waals surface area (Å²) in [5, 5.41) is 9.59. The molecule has 6 heteroatoms. The summed E-state index contributed by atoms with van der Waals surface area (Å²) in [6.45, 7) is 0.508. The van der Waals surface area contributed by atoms with Crippen LogP contribution in [0.5, 0.6) is 11.5 Å². The standard InChI is InChI=1S/C30H27N3O2S/c1-34-24-9-5-20(6-10-24)29(21-7-11-25(35-2)12-8-21)33-30-26-15-19(17-31)3-4-22(26)16-27(30)28(32-33)23-13-14-36-18-23/h3-15,18,29H,16-17,31H2,1-2H3. The minimum Gasteiger partial charge on any atom is -0.497 e. The molecule has 3 aromatic carbocycles. The van der Waals surface area contributed by atoms with Gasteiger partial charge in [0.2, 0.25) is 0 Å². The quantitative estimate of drug-likeness (QED) is 0.284. The van der Waals surface area contributed by atoms with Crippen LogP contribution in [0.3, 0.4) is 0 Å². The molecular weight excluding hydrogens is 466 g/mol. The third-order valence-electron chi connectivity index (χ3n) is 6.94. The predicted octanol–water partition coefficient (Wildman–Crippen LogP) is 6.30. The van der Waals surface area contributed by atoms with Crippen molar-refractivity contribution in [3.8, 4) is 34.0 Å². The van der Waals surface area contributed by atoms with Gasteiger partial charge in [-0.05, 0) is 64.0 Å². The summed E-state index contributed by atoms with van der Waals surface area (Å²) < 4.78 is 13.1. The summed E-state index contributed by atoms with van der Waals surface area (Å²) in [6.07, 6.45) is 0.860.